The Bertz CT molecular complexity index is 631. The smallest absolute Gasteiger partial charge is 0.328 e. The topological polar surface area (TPSA) is 87.6 Å². The maximum Gasteiger partial charge on any atom is 0.328 e. The molecule has 1 aliphatic carbocycles. The first kappa shape index (κ1) is 13.5. The molecule has 2 amide bonds. The second-order valence-corrected chi connectivity index (χ2v) is 5.27. The van der Waals surface area contributed by atoms with Gasteiger partial charge < -0.3 is 5.11 Å². The molecule has 6 heteroatoms. The normalized spacial score (nSPS) is 24.9. The molecule has 108 valence electrons. The van der Waals surface area contributed by atoms with Crippen molar-refractivity contribution in [1.82, 2.24) is 4.98 Å². The van der Waals surface area contributed by atoms with Gasteiger partial charge in [0.25, 0.3) is 0 Å². The van der Waals surface area contributed by atoms with Crippen LogP contribution in [-0.2, 0) is 14.4 Å². The number of hydrogen-bond donors (Lipinski definition) is 1. The average molecular weight is 286 g/mol. The molecule has 2 aliphatic rings. The molecule has 1 aliphatic heterocycles. The second kappa shape index (κ2) is 5.12. The van der Waals surface area contributed by atoms with E-state index in [1.165, 1.54) is 12.3 Å². The van der Waals surface area contributed by atoms with Gasteiger partial charge in [-0.15, -0.1) is 0 Å². The van der Waals surface area contributed by atoms with E-state index in [0.717, 1.165) is 30.2 Å². The second-order valence-electron chi connectivity index (χ2n) is 5.27. The Morgan fingerprint density at radius 1 is 1.29 bits per heavy atom. The minimum Gasteiger partial charge on any atom is -0.478 e. The Hall–Kier alpha value is -2.50. The fourth-order valence-electron chi connectivity index (χ4n) is 3.04. The highest BCUT2D eigenvalue weighted by atomic mass is 16.4. The van der Waals surface area contributed by atoms with Crippen molar-refractivity contribution in [1.29, 1.82) is 0 Å². The van der Waals surface area contributed by atoms with E-state index in [2.05, 4.69) is 4.98 Å². The lowest BCUT2D eigenvalue weighted by molar-refractivity contribution is -0.131. The van der Waals surface area contributed by atoms with E-state index < -0.39 is 5.97 Å². The molecule has 0 spiro atoms. The first-order valence-electron chi connectivity index (χ1n) is 6.83. The van der Waals surface area contributed by atoms with Gasteiger partial charge in [-0.25, -0.2) is 14.7 Å². The molecule has 0 aromatic carbocycles. The zero-order valence-corrected chi connectivity index (χ0v) is 11.2. The van der Waals surface area contributed by atoms with Crippen LogP contribution >= 0.6 is 0 Å². The minimum absolute atomic E-state index is 0.186. The third-order valence-electron chi connectivity index (χ3n) is 4.01. The molecular formula is C15H14N2O4. The standard InChI is InChI=1S/C15H14N2O4/c18-13(19)5-4-9-6-7-16-12(8-9)17-14(20)10-2-1-3-11(10)15(17)21/h4-8,10-11H,1-3H2,(H,18,19)/b5-4+. The molecule has 0 radical (unpaired) electrons. The van der Waals surface area contributed by atoms with Gasteiger partial charge in [-0.1, -0.05) is 6.42 Å². The quantitative estimate of drug-likeness (QED) is 0.671. The maximum absolute atomic E-state index is 12.3. The Morgan fingerprint density at radius 2 is 1.95 bits per heavy atom. The summed E-state index contributed by atoms with van der Waals surface area (Å²) in [6.07, 6.45) is 6.29. The predicted octanol–water partition coefficient (Wildman–Crippen LogP) is 1.47. The summed E-state index contributed by atoms with van der Waals surface area (Å²) in [7, 11) is 0. The van der Waals surface area contributed by atoms with Gasteiger partial charge in [0.1, 0.15) is 5.82 Å². The van der Waals surface area contributed by atoms with Gasteiger partial charge in [0.15, 0.2) is 0 Å². The number of aromatic nitrogens is 1. The van der Waals surface area contributed by atoms with E-state index in [4.69, 9.17) is 5.11 Å². The summed E-state index contributed by atoms with van der Waals surface area (Å²) in [5.41, 5.74) is 0.583. The highest BCUT2D eigenvalue weighted by Gasteiger charge is 2.50. The number of aliphatic carboxylic acids is 1. The summed E-state index contributed by atoms with van der Waals surface area (Å²) in [4.78, 5) is 40.4. The predicted molar refractivity (Wildman–Crippen MR) is 74.2 cm³/mol. The van der Waals surface area contributed by atoms with E-state index in [-0.39, 0.29) is 29.5 Å². The summed E-state index contributed by atoms with van der Waals surface area (Å²) < 4.78 is 0. The molecule has 1 saturated carbocycles. The fraction of sp³-hybridized carbons (Fsp3) is 0.333. The number of carbonyl (C=O) groups is 3. The van der Waals surface area contributed by atoms with E-state index in [1.54, 1.807) is 12.1 Å². The fourth-order valence-corrected chi connectivity index (χ4v) is 3.04. The lowest BCUT2D eigenvalue weighted by atomic mass is 10.00. The molecule has 1 aromatic heterocycles. The summed E-state index contributed by atoms with van der Waals surface area (Å²) in [5.74, 6) is -1.58. The monoisotopic (exact) mass is 286 g/mol. The molecule has 3 rings (SSSR count). The zero-order chi connectivity index (χ0) is 15.0. The van der Waals surface area contributed by atoms with Crippen molar-refractivity contribution in [2.75, 3.05) is 4.90 Å². The Morgan fingerprint density at radius 3 is 2.57 bits per heavy atom. The summed E-state index contributed by atoms with van der Waals surface area (Å²) in [6.45, 7) is 0. The minimum atomic E-state index is -1.06. The van der Waals surface area contributed by atoms with E-state index >= 15 is 0 Å². The number of nitrogens with zero attached hydrogens (tertiary/aromatic N) is 2. The number of carboxylic acids is 1. The van der Waals surface area contributed by atoms with Gasteiger partial charge in [-0.2, -0.15) is 0 Å². The largest absolute Gasteiger partial charge is 0.478 e. The van der Waals surface area contributed by atoms with Crippen LogP contribution in [0.25, 0.3) is 6.08 Å². The number of carboxylic acid groups (broad SMARTS) is 1. The van der Waals surface area contributed by atoms with Crippen molar-refractivity contribution in [2.45, 2.75) is 19.3 Å². The van der Waals surface area contributed by atoms with Gasteiger partial charge in [0.05, 0.1) is 11.8 Å². The van der Waals surface area contributed by atoms with E-state index in [9.17, 15) is 14.4 Å². The van der Waals surface area contributed by atoms with Crippen molar-refractivity contribution in [3.05, 3.63) is 30.0 Å². The summed E-state index contributed by atoms with van der Waals surface area (Å²) in [5, 5.41) is 8.63. The molecule has 6 nitrogen and oxygen atoms in total. The molecular weight excluding hydrogens is 272 g/mol. The Labute approximate surface area is 121 Å². The van der Waals surface area contributed by atoms with Crippen molar-refractivity contribution >= 4 is 29.7 Å². The van der Waals surface area contributed by atoms with Gasteiger partial charge in [-0.3, -0.25) is 9.59 Å². The van der Waals surface area contributed by atoms with Crippen LogP contribution < -0.4 is 4.90 Å². The number of rotatable bonds is 3. The molecule has 1 N–H and O–H groups in total. The van der Waals surface area contributed by atoms with Crippen LogP contribution in [0.5, 0.6) is 0 Å². The maximum atomic E-state index is 12.3. The van der Waals surface area contributed by atoms with E-state index in [1.807, 2.05) is 0 Å². The molecule has 2 fully saturated rings. The van der Waals surface area contributed by atoms with Crippen LogP contribution in [0.3, 0.4) is 0 Å². The first-order valence-corrected chi connectivity index (χ1v) is 6.83. The van der Waals surface area contributed by atoms with Gasteiger partial charge >= 0.3 is 5.97 Å². The SMILES string of the molecule is O=C(O)/C=C/c1ccnc(N2C(=O)C3CCCC3C2=O)c1. The highest BCUT2D eigenvalue weighted by Crippen LogP contribution is 2.41. The van der Waals surface area contributed by atoms with E-state index in [0.29, 0.717) is 5.56 Å². The van der Waals surface area contributed by atoms with Crippen molar-refractivity contribution in [3.63, 3.8) is 0 Å². The van der Waals surface area contributed by atoms with Crippen LogP contribution in [0.4, 0.5) is 5.82 Å². The molecule has 2 atom stereocenters. The Kier molecular flexibility index (Phi) is 3.29. The number of fused-ring (bicyclic) bond motifs is 1. The lowest BCUT2D eigenvalue weighted by Gasteiger charge is -2.14. The van der Waals surface area contributed by atoms with Crippen LogP contribution in [0.2, 0.25) is 0 Å². The number of anilines is 1. The number of pyridine rings is 1. The zero-order valence-electron chi connectivity index (χ0n) is 11.2. The molecule has 0 bridgehead atoms. The lowest BCUT2D eigenvalue weighted by Crippen LogP contribution is -2.32. The van der Waals surface area contributed by atoms with Crippen LogP contribution in [0.1, 0.15) is 24.8 Å². The number of carbonyl (C=O) groups excluding carboxylic acids is 2. The number of hydrogen-bond acceptors (Lipinski definition) is 4. The van der Waals surface area contributed by atoms with Gasteiger partial charge in [-0.05, 0) is 36.6 Å². The summed E-state index contributed by atoms with van der Waals surface area (Å²) >= 11 is 0. The molecule has 2 unspecified atom stereocenters. The summed E-state index contributed by atoms with van der Waals surface area (Å²) in [6, 6.07) is 3.17. The molecule has 1 saturated heterocycles. The molecule has 21 heavy (non-hydrogen) atoms. The third kappa shape index (κ3) is 2.33. The van der Waals surface area contributed by atoms with Crippen molar-refractivity contribution in [2.24, 2.45) is 11.8 Å². The van der Waals surface area contributed by atoms with Crippen molar-refractivity contribution in [3.8, 4) is 0 Å². The number of amides is 2. The highest BCUT2D eigenvalue weighted by molar-refractivity contribution is 6.21. The average Bonchev–Trinajstić information content (AvgIpc) is 3.02. The Balaban J connectivity index is 1.90. The van der Waals surface area contributed by atoms with Crippen LogP contribution in [0.15, 0.2) is 24.4 Å². The molecule has 2 heterocycles. The first-order chi connectivity index (χ1) is 10.1. The molecule has 1 aromatic rings. The van der Waals surface area contributed by atoms with Gasteiger partial charge in [0, 0.05) is 12.3 Å². The van der Waals surface area contributed by atoms with Crippen LogP contribution in [-0.4, -0.2) is 27.9 Å². The third-order valence-corrected chi connectivity index (χ3v) is 4.01. The van der Waals surface area contributed by atoms with Gasteiger partial charge in [0.2, 0.25) is 11.8 Å². The van der Waals surface area contributed by atoms with Crippen LogP contribution in [0, 0.1) is 11.8 Å². The number of imide groups is 1. The van der Waals surface area contributed by atoms with Crippen molar-refractivity contribution < 1.29 is 19.5 Å².